The molecule has 0 saturated carbocycles. The van der Waals surface area contributed by atoms with Crippen LogP contribution in [0, 0.1) is 0 Å². The topological polar surface area (TPSA) is 104 Å². The Kier molecular flexibility index (Phi) is 6.48. The number of pyridine rings is 1. The van der Waals surface area contributed by atoms with Crippen molar-refractivity contribution in [3.63, 3.8) is 0 Å². The molecule has 1 aromatic carbocycles. The van der Waals surface area contributed by atoms with Crippen molar-refractivity contribution < 1.29 is 18.3 Å². The van der Waals surface area contributed by atoms with E-state index in [1.165, 1.54) is 22.8 Å². The molecule has 2 aromatic rings. The Morgan fingerprint density at radius 3 is 2.71 bits per heavy atom. The number of hydrazone groups is 1. The van der Waals surface area contributed by atoms with Gasteiger partial charge in [-0.15, -0.1) is 0 Å². The zero-order chi connectivity index (χ0) is 20.0. The summed E-state index contributed by atoms with van der Waals surface area (Å²) < 4.78 is 32.1. The number of anilines is 1. The third kappa shape index (κ3) is 4.60. The molecule has 1 fully saturated rings. The van der Waals surface area contributed by atoms with Gasteiger partial charge in [-0.1, -0.05) is 12.5 Å². The first kappa shape index (κ1) is 20.1. The Morgan fingerprint density at radius 2 is 2.04 bits per heavy atom. The van der Waals surface area contributed by atoms with Gasteiger partial charge in [0.15, 0.2) is 11.5 Å². The molecule has 0 unspecified atom stereocenters. The van der Waals surface area contributed by atoms with E-state index in [1.807, 2.05) is 6.92 Å². The van der Waals surface area contributed by atoms with Crippen LogP contribution in [0.15, 0.2) is 46.5 Å². The second-order valence-electron chi connectivity index (χ2n) is 6.34. The summed E-state index contributed by atoms with van der Waals surface area (Å²) in [6.45, 7) is 3.39. The number of ether oxygens (including phenoxy) is 1. The fraction of sp³-hybridized carbons (Fsp3) is 0.368. The van der Waals surface area contributed by atoms with Crippen LogP contribution in [0.3, 0.4) is 0 Å². The van der Waals surface area contributed by atoms with E-state index < -0.39 is 10.0 Å². The number of hydrogen-bond acceptors (Lipinski definition) is 7. The summed E-state index contributed by atoms with van der Waals surface area (Å²) in [4.78, 5) is 4.29. The van der Waals surface area contributed by atoms with E-state index >= 15 is 0 Å². The van der Waals surface area contributed by atoms with E-state index in [4.69, 9.17) is 4.74 Å². The molecule has 2 heterocycles. The minimum Gasteiger partial charge on any atom is -0.504 e. The van der Waals surface area contributed by atoms with Gasteiger partial charge in [-0.05, 0) is 44.0 Å². The van der Waals surface area contributed by atoms with Crippen LogP contribution in [0.5, 0.6) is 11.5 Å². The molecule has 0 radical (unpaired) electrons. The molecule has 3 rings (SSSR count). The van der Waals surface area contributed by atoms with Crippen molar-refractivity contribution in [1.82, 2.24) is 9.29 Å². The summed E-state index contributed by atoms with van der Waals surface area (Å²) in [5.74, 6) is 0.789. The highest BCUT2D eigenvalue weighted by atomic mass is 32.2. The number of aromatic nitrogens is 1. The normalized spacial score (nSPS) is 15.6. The molecule has 1 aliphatic rings. The van der Waals surface area contributed by atoms with Crippen LogP contribution in [0.4, 0.5) is 5.82 Å². The summed E-state index contributed by atoms with van der Waals surface area (Å²) in [5.41, 5.74) is 3.22. The van der Waals surface area contributed by atoms with Crippen molar-refractivity contribution in [3.05, 3.63) is 42.1 Å². The molecule has 0 spiro atoms. The summed E-state index contributed by atoms with van der Waals surface area (Å²) >= 11 is 0. The van der Waals surface area contributed by atoms with Gasteiger partial charge < -0.3 is 9.84 Å². The van der Waals surface area contributed by atoms with Crippen molar-refractivity contribution in [2.24, 2.45) is 5.10 Å². The molecule has 1 aromatic heterocycles. The molecule has 9 heteroatoms. The zero-order valence-electron chi connectivity index (χ0n) is 15.7. The van der Waals surface area contributed by atoms with Gasteiger partial charge in [0.25, 0.3) is 0 Å². The average Bonchev–Trinajstić information content (AvgIpc) is 2.72. The highest BCUT2D eigenvalue weighted by molar-refractivity contribution is 7.89. The highest BCUT2D eigenvalue weighted by Crippen LogP contribution is 2.28. The standard InChI is InChI=1S/C19H24N4O4S/c1-2-27-17-8-6-7-15(19(17)24)13-21-22-18-10-9-16(14-20-18)28(25,26)23-11-4-3-5-12-23/h6-10,13-14,24H,2-5,11-12H2,1H3,(H,20,22)/b21-13+. The number of hydrogen-bond donors (Lipinski definition) is 2. The van der Waals surface area contributed by atoms with Gasteiger partial charge in [-0.25, -0.2) is 13.4 Å². The number of phenols is 1. The second kappa shape index (κ2) is 9.03. The molecular formula is C19H24N4O4S. The summed E-state index contributed by atoms with van der Waals surface area (Å²) in [6.07, 6.45) is 5.61. The van der Waals surface area contributed by atoms with E-state index in [-0.39, 0.29) is 10.6 Å². The molecule has 0 aliphatic carbocycles. The number of piperidine rings is 1. The van der Waals surface area contributed by atoms with Gasteiger partial charge in [0.1, 0.15) is 10.7 Å². The van der Waals surface area contributed by atoms with Crippen LogP contribution in [0.2, 0.25) is 0 Å². The van der Waals surface area contributed by atoms with Gasteiger partial charge in [0.05, 0.1) is 12.8 Å². The SMILES string of the molecule is CCOc1cccc(/C=N/Nc2ccc(S(=O)(=O)N3CCCCC3)cn2)c1O. The Labute approximate surface area is 164 Å². The minimum absolute atomic E-state index is 0.00540. The number of aromatic hydroxyl groups is 1. The van der Waals surface area contributed by atoms with Crippen molar-refractivity contribution in [2.75, 3.05) is 25.1 Å². The van der Waals surface area contributed by atoms with Crippen molar-refractivity contribution in [1.29, 1.82) is 0 Å². The number of benzene rings is 1. The smallest absolute Gasteiger partial charge is 0.244 e. The average molecular weight is 404 g/mol. The van der Waals surface area contributed by atoms with Crippen LogP contribution in [0.1, 0.15) is 31.7 Å². The summed E-state index contributed by atoms with van der Waals surface area (Å²) in [6, 6.07) is 8.20. The van der Waals surface area contributed by atoms with Gasteiger partial charge in [0.2, 0.25) is 10.0 Å². The number of sulfonamides is 1. The minimum atomic E-state index is -3.50. The molecular weight excluding hydrogens is 380 g/mol. The molecule has 0 bridgehead atoms. The van der Waals surface area contributed by atoms with Gasteiger partial charge in [-0.3, -0.25) is 5.43 Å². The molecule has 0 amide bonds. The number of nitrogens with zero attached hydrogens (tertiary/aromatic N) is 3. The maximum absolute atomic E-state index is 12.6. The van der Waals surface area contributed by atoms with Gasteiger partial charge in [-0.2, -0.15) is 9.41 Å². The summed E-state index contributed by atoms with van der Waals surface area (Å²) in [7, 11) is -3.50. The first-order valence-electron chi connectivity index (χ1n) is 9.22. The highest BCUT2D eigenvalue weighted by Gasteiger charge is 2.26. The zero-order valence-corrected chi connectivity index (χ0v) is 16.5. The Hall–Kier alpha value is -2.65. The largest absolute Gasteiger partial charge is 0.504 e. The van der Waals surface area contributed by atoms with E-state index in [0.29, 0.717) is 36.8 Å². The lowest BCUT2D eigenvalue weighted by Gasteiger charge is -2.25. The lowest BCUT2D eigenvalue weighted by molar-refractivity contribution is 0.318. The van der Waals surface area contributed by atoms with Gasteiger partial charge >= 0.3 is 0 Å². The molecule has 28 heavy (non-hydrogen) atoms. The Bertz CT molecular complexity index is 923. The predicted octanol–water partition coefficient (Wildman–Crippen LogP) is 2.81. The fourth-order valence-electron chi connectivity index (χ4n) is 2.94. The number of nitrogens with one attached hydrogen (secondary N) is 1. The van der Waals surface area contributed by atoms with Crippen LogP contribution in [-0.2, 0) is 10.0 Å². The third-order valence-electron chi connectivity index (χ3n) is 4.40. The fourth-order valence-corrected chi connectivity index (χ4v) is 4.40. The monoisotopic (exact) mass is 404 g/mol. The van der Waals surface area contributed by atoms with Crippen LogP contribution in [0.25, 0.3) is 0 Å². The predicted molar refractivity (Wildman–Crippen MR) is 107 cm³/mol. The molecule has 150 valence electrons. The summed E-state index contributed by atoms with van der Waals surface area (Å²) in [5, 5.41) is 14.2. The van der Waals surface area contributed by atoms with Crippen LogP contribution < -0.4 is 10.2 Å². The lowest BCUT2D eigenvalue weighted by Crippen LogP contribution is -2.35. The van der Waals surface area contributed by atoms with E-state index in [2.05, 4.69) is 15.5 Å². The number of rotatable bonds is 7. The number of para-hydroxylation sites is 1. The van der Waals surface area contributed by atoms with Crippen LogP contribution in [-0.4, -0.2) is 48.7 Å². The first-order chi connectivity index (χ1) is 13.5. The second-order valence-corrected chi connectivity index (χ2v) is 8.28. The molecule has 0 atom stereocenters. The molecule has 1 aliphatic heterocycles. The maximum atomic E-state index is 12.6. The van der Waals surface area contributed by atoms with Crippen molar-refractivity contribution >= 4 is 22.1 Å². The molecule has 2 N–H and O–H groups in total. The Morgan fingerprint density at radius 1 is 1.25 bits per heavy atom. The first-order valence-corrected chi connectivity index (χ1v) is 10.7. The van der Waals surface area contributed by atoms with Crippen molar-refractivity contribution in [2.45, 2.75) is 31.1 Å². The van der Waals surface area contributed by atoms with E-state index in [1.54, 1.807) is 24.3 Å². The molecule has 8 nitrogen and oxygen atoms in total. The van der Waals surface area contributed by atoms with Crippen LogP contribution >= 0.6 is 0 Å². The Balaban J connectivity index is 1.66. The van der Waals surface area contributed by atoms with Gasteiger partial charge in [0, 0.05) is 24.8 Å². The molecule has 1 saturated heterocycles. The maximum Gasteiger partial charge on any atom is 0.244 e. The van der Waals surface area contributed by atoms with Crippen molar-refractivity contribution in [3.8, 4) is 11.5 Å². The quantitative estimate of drug-likeness (QED) is 0.543. The lowest BCUT2D eigenvalue weighted by atomic mass is 10.2. The third-order valence-corrected chi connectivity index (χ3v) is 6.28. The van der Waals surface area contributed by atoms with E-state index in [9.17, 15) is 13.5 Å². The number of phenolic OH excluding ortho intramolecular Hbond substituents is 1. The van der Waals surface area contributed by atoms with E-state index in [0.717, 1.165) is 19.3 Å².